The molecule has 0 spiro atoms. The molecule has 3 heterocycles. The summed E-state index contributed by atoms with van der Waals surface area (Å²) in [5.74, 6) is 1.17. The zero-order valence-electron chi connectivity index (χ0n) is 12.3. The molecule has 1 amide bonds. The first-order valence-electron chi connectivity index (χ1n) is 7.29. The van der Waals surface area contributed by atoms with Crippen LogP contribution in [0.4, 0.5) is 0 Å². The molecule has 0 atom stereocenters. The number of H-pyrrole nitrogens is 3. The highest BCUT2D eigenvalue weighted by Gasteiger charge is 2.27. The van der Waals surface area contributed by atoms with Gasteiger partial charge in [-0.3, -0.25) is 14.9 Å². The van der Waals surface area contributed by atoms with Gasteiger partial charge in [0.15, 0.2) is 0 Å². The Morgan fingerprint density at radius 1 is 1.36 bits per heavy atom. The second-order valence-electron chi connectivity index (χ2n) is 5.18. The topological polar surface area (TPSA) is 120 Å². The molecule has 0 unspecified atom stereocenters. The lowest BCUT2D eigenvalue weighted by Crippen LogP contribution is -2.38. The molecule has 9 nitrogen and oxygen atoms in total. The van der Waals surface area contributed by atoms with Crippen LogP contribution in [0.5, 0.6) is 5.88 Å². The number of hydrogen-bond donors (Lipinski definition) is 3. The molecule has 22 heavy (non-hydrogen) atoms. The molecule has 3 N–H and O–H groups in total. The minimum absolute atomic E-state index is 0.0903. The molecule has 0 saturated carbocycles. The largest absolute Gasteiger partial charge is 0.477 e. The van der Waals surface area contributed by atoms with Crippen LogP contribution in [0.2, 0.25) is 0 Å². The summed E-state index contributed by atoms with van der Waals surface area (Å²) in [7, 11) is 0. The number of aromatic nitrogens is 5. The van der Waals surface area contributed by atoms with Crippen molar-refractivity contribution in [2.24, 2.45) is 0 Å². The molecule has 1 saturated heterocycles. The van der Waals surface area contributed by atoms with Gasteiger partial charge in [0, 0.05) is 25.1 Å². The molecule has 1 fully saturated rings. The molecular formula is C13H18N6O3. The van der Waals surface area contributed by atoms with E-state index in [0.717, 1.165) is 12.8 Å². The third-order valence-corrected chi connectivity index (χ3v) is 3.77. The molecule has 118 valence electrons. The van der Waals surface area contributed by atoms with Gasteiger partial charge in [0.2, 0.25) is 5.88 Å². The van der Waals surface area contributed by atoms with Crippen LogP contribution in [0.3, 0.4) is 0 Å². The third-order valence-electron chi connectivity index (χ3n) is 3.77. The summed E-state index contributed by atoms with van der Waals surface area (Å²) in [6.07, 6.45) is 1.53. The van der Waals surface area contributed by atoms with Gasteiger partial charge in [-0.1, -0.05) is 0 Å². The Labute approximate surface area is 126 Å². The van der Waals surface area contributed by atoms with Crippen molar-refractivity contribution in [2.45, 2.75) is 25.7 Å². The van der Waals surface area contributed by atoms with Crippen LogP contribution >= 0.6 is 0 Å². The van der Waals surface area contributed by atoms with Crippen LogP contribution in [0.1, 0.15) is 42.0 Å². The van der Waals surface area contributed by atoms with Gasteiger partial charge in [-0.25, -0.2) is 9.89 Å². The van der Waals surface area contributed by atoms with Gasteiger partial charge in [0.1, 0.15) is 11.5 Å². The maximum absolute atomic E-state index is 12.4. The lowest BCUT2D eigenvalue weighted by Gasteiger charge is -2.30. The van der Waals surface area contributed by atoms with E-state index in [9.17, 15) is 9.59 Å². The summed E-state index contributed by atoms with van der Waals surface area (Å²) in [5.41, 5.74) is 0.129. The zero-order chi connectivity index (χ0) is 15.5. The Morgan fingerprint density at radius 2 is 2.14 bits per heavy atom. The van der Waals surface area contributed by atoms with Crippen LogP contribution in [0.25, 0.3) is 0 Å². The van der Waals surface area contributed by atoms with E-state index in [1.807, 2.05) is 6.92 Å². The Kier molecular flexibility index (Phi) is 3.94. The number of rotatable bonds is 4. The highest BCUT2D eigenvalue weighted by molar-refractivity contribution is 5.92. The normalized spacial score (nSPS) is 16.0. The van der Waals surface area contributed by atoms with Gasteiger partial charge in [-0.15, -0.1) is 5.10 Å². The summed E-state index contributed by atoms with van der Waals surface area (Å²) in [6, 6.07) is 1.61. The second-order valence-corrected chi connectivity index (χ2v) is 5.18. The Hall–Kier alpha value is -2.58. The van der Waals surface area contributed by atoms with E-state index in [0.29, 0.717) is 37.1 Å². The van der Waals surface area contributed by atoms with Crippen molar-refractivity contribution >= 4 is 5.91 Å². The second kappa shape index (κ2) is 6.04. The lowest BCUT2D eigenvalue weighted by atomic mass is 9.96. The van der Waals surface area contributed by atoms with Crippen molar-refractivity contribution in [2.75, 3.05) is 19.7 Å². The van der Waals surface area contributed by atoms with E-state index >= 15 is 0 Å². The molecule has 0 bridgehead atoms. The van der Waals surface area contributed by atoms with E-state index in [2.05, 4.69) is 25.4 Å². The molecule has 2 aromatic heterocycles. The standard InChI is InChI=1S/C13H18N6O3/c1-2-22-10-7-9(15-16-10)12(20)19-5-3-8(4-6-19)11-14-13(21)18-17-11/h7-8H,2-6H2,1H3,(H,15,16)(H2,14,17,18,21). The molecule has 9 heteroatoms. The van der Waals surface area contributed by atoms with Gasteiger partial charge in [-0.05, 0) is 19.8 Å². The first-order chi connectivity index (χ1) is 10.7. The molecule has 0 radical (unpaired) electrons. The number of likely N-dealkylation sites (tertiary alicyclic amines) is 1. The smallest absolute Gasteiger partial charge is 0.340 e. The molecule has 1 aliphatic rings. The van der Waals surface area contributed by atoms with Gasteiger partial charge >= 0.3 is 5.69 Å². The van der Waals surface area contributed by atoms with Crippen LogP contribution in [-0.2, 0) is 0 Å². The predicted molar refractivity (Wildman–Crippen MR) is 76.8 cm³/mol. The fourth-order valence-corrected chi connectivity index (χ4v) is 2.64. The van der Waals surface area contributed by atoms with Crippen molar-refractivity contribution < 1.29 is 9.53 Å². The fourth-order valence-electron chi connectivity index (χ4n) is 2.64. The number of ether oxygens (including phenoxy) is 1. The number of aromatic amines is 3. The summed E-state index contributed by atoms with van der Waals surface area (Å²) < 4.78 is 5.24. The van der Waals surface area contributed by atoms with Crippen LogP contribution < -0.4 is 10.4 Å². The average Bonchev–Trinajstić information content (AvgIpc) is 3.16. The molecule has 0 aliphatic carbocycles. The Morgan fingerprint density at radius 3 is 2.77 bits per heavy atom. The molecule has 1 aliphatic heterocycles. The third kappa shape index (κ3) is 2.87. The monoisotopic (exact) mass is 306 g/mol. The number of amides is 1. The van der Waals surface area contributed by atoms with Gasteiger partial charge < -0.3 is 9.64 Å². The Balaban J connectivity index is 1.60. The maximum atomic E-state index is 12.4. The van der Waals surface area contributed by atoms with Crippen molar-refractivity contribution in [3.63, 3.8) is 0 Å². The van der Waals surface area contributed by atoms with Crippen molar-refractivity contribution in [1.82, 2.24) is 30.3 Å². The minimum Gasteiger partial charge on any atom is -0.477 e. The van der Waals surface area contributed by atoms with Crippen LogP contribution in [-0.4, -0.2) is 55.9 Å². The van der Waals surface area contributed by atoms with E-state index < -0.39 is 0 Å². The zero-order valence-corrected chi connectivity index (χ0v) is 12.3. The van der Waals surface area contributed by atoms with Gasteiger partial charge in [0.25, 0.3) is 5.91 Å². The minimum atomic E-state index is -0.297. The summed E-state index contributed by atoms with van der Waals surface area (Å²) in [5, 5.41) is 13.0. The SMILES string of the molecule is CCOc1cc(C(=O)N2CCC(c3n[nH]c(=O)[nH]3)CC2)[nH]n1. The number of carbonyl (C=O) groups excluding carboxylic acids is 1. The van der Waals surface area contributed by atoms with Crippen molar-refractivity contribution in [1.29, 1.82) is 0 Å². The first-order valence-corrected chi connectivity index (χ1v) is 7.29. The molecular weight excluding hydrogens is 288 g/mol. The molecule has 2 aromatic rings. The van der Waals surface area contributed by atoms with E-state index in [4.69, 9.17) is 4.74 Å². The fraction of sp³-hybridized carbons (Fsp3) is 0.538. The number of nitrogens with one attached hydrogen (secondary N) is 3. The quantitative estimate of drug-likeness (QED) is 0.747. The number of piperidine rings is 1. The van der Waals surface area contributed by atoms with Crippen LogP contribution in [0.15, 0.2) is 10.9 Å². The molecule has 3 rings (SSSR count). The highest BCUT2D eigenvalue weighted by Crippen LogP contribution is 2.25. The summed E-state index contributed by atoms with van der Waals surface area (Å²) in [6.45, 7) is 3.59. The maximum Gasteiger partial charge on any atom is 0.340 e. The average molecular weight is 306 g/mol. The number of nitrogens with zero attached hydrogens (tertiary/aromatic N) is 3. The molecule has 0 aromatic carbocycles. The van der Waals surface area contributed by atoms with Gasteiger partial charge in [0.05, 0.1) is 6.61 Å². The van der Waals surface area contributed by atoms with Crippen molar-refractivity contribution in [3.8, 4) is 5.88 Å². The van der Waals surface area contributed by atoms with Crippen molar-refractivity contribution in [3.05, 3.63) is 28.1 Å². The number of carbonyl (C=O) groups is 1. The first kappa shape index (κ1) is 14.4. The highest BCUT2D eigenvalue weighted by atomic mass is 16.5. The van der Waals surface area contributed by atoms with E-state index in [-0.39, 0.29) is 17.5 Å². The predicted octanol–water partition coefficient (Wildman–Crippen LogP) is 0.240. The van der Waals surface area contributed by atoms with Crippen LogP contribution in [0, 0.1) is 0 Å². The van der Waals surface area contributed by atoms with E-state index in [1.165, 1.54) is 0 Å². The van der Waals surface area contributed by atoms with Gasteiger partial charge in [-0.2, -0.15) is 5.10 Å². The summed E-state index contributed by atoms with van der Waals surface area (Å²) in [4.78, 5) is 27.9. The number of hydrogen-bond acceptors (Lipinski definition) is 5. The lowest BCUT2D eigenvalue weighted by molar-refractivity contribution is 0.0705. The Bertz CT molecular complexity index is 694. The summed E-state index contributed by atoms with van der Waals surface area (Å²) >= 11 is 0. The van der Waals surface area contributed by atoms with E-state index in [1.54, 1.807) is 11.0 Å².